The molecule has 2 amide bonds. The molecule has 0 radical (unpaired) electrons. The molecule has 0 unspecified atom stereocenters. The molecule has 1 N–H and O–H groups in total. The minimum atomic E-state index is -0.515. The van der Waals surface area contributed by atoms with Gasteiger partial charge in [-0.25, -0.2) is 4.39 Å². The molecule has 0 aromatic heterocycles. The minimum Gasteiger partial charge on any atom is -0.352 e. The molecule has 6 heteroatoms. The summed E-state index contributed by atoms with van der Waals surface area (Å²) in [5, 5.41) is 3.01. The van der Waals surface area contributed by atoms with Gasteiger partial charge in [0.15, 0.2) is 0 Å². The van der Waals surface area contributed by atoms with Crippen molar-refractivity contribution in [1.29, 1.82) is 0 Å². The zero-order chi connectivity index (χ0) is 22.6. The molecule has 0 aliphatic heterocycles. The van der Waals surface area contributed by atoms with E-state index in [1.165, 1.54) is 17.8 Å². The van der Waals surface area contributed by atoms with Crippen LogP contribution in [0.3, 0.4) is 0 Å². The standard InChI is InChI=1S/C25H33FN2O2S/c1-4-19(3)27-25(30)23(5-2)28(16-15-20-11-7-6-8-12-20)24(29)18-31-17-21-13-9-10-14-22(21)26/h6-14,19,23H,4-5,15-18H2,1-3H3,(H,27,30)/t19-,23-/m0/s1. The van der Waals surface area contributed by atoms with Crippen LogP contribution in [-0.2, 0) is 21.8 Å². The molecular formula is C25H33FN2O2S. The lowest BCUT2D eigenvalue weighted by Gasteiger charge is -2.31. The molecule has 168 valence electrons. The fourth-order valence-electron chi connectivity index (χ4n) is 3.28. The predicted molar refractivity (Wildman–Crippen MR) is 126 cm³/mol. The molecule has 0 saturated heterocycles. The molecule has 31 heavy (non-hydrogen) atoms. The molecule has 0 bridgehead atoms. The average Bonchev–Trinajstić information content (AvgIpc) is 2.78. The number of carbonyl (C=O) groups is 2. The first kappa shape index (κ1) is 24.9. The van der Waals surface area contributed by atoms with Crippen LogP contribution in [0.4, 0.5) is 4.39 Å². The summed E-state index contributed by atoms with van der Waals surface area (Å²) < 4.78 is 13.9. The van der Waals surface area contributed by atoms with Gasteiger partial charge in [-0.05, 0) is 43.4 Å². The normalized spacial score (nSPS) is 12.8. The Bertz CT molecular complexity index is 831. The quantitative estimate of drug-likeness (QED) is 0.510. The highest BCUT2D eigenvalue weighted by atomic mass is 32.2. The molecule has 0 saturated carbocycles. The third-order valence-corrected chi connectivity index (χ3v) is 6.28. The molecule has 2 aromatic rings. The van der Waals surface area contributed by atoms with E-state index in [9.17, 15) is 14.0 Å². The zero-order valence-electron chi connectivity index (χ0n) is 18.6. The molecule has 0 aliphatic rings. The molecule has 0 aliphatic carbocycles. The van der Waals surface area contributed by atoms with Gasteiger partial charge in [0.25, 0.3) is 0 Å². The predicted octanol–water partition coefficient (Wildman–Crippen LogP) is 4.82. The van der Waals surface area contributed by atoms with Crippen molar-refractivity contribution in [3.63, 3.8) is 0 Å². The summed E-state index contributed by atoms with van der Waals surface area (Å²) in [5.41, 5.74) is 1.70. The third kappa shape index (κ3) is 8.02. The fraction of sp³-hybridized carbons (Fsp3) is 0.440. The Morgan fingerprint density at radius 2 is 1.71 bits per heavy atom. The molecule has 0 heterocycles. The number of thioether (sulfide) groups is 1. The number of carbonyl (C=O) groups excluding carboxylic acids is 2. The van der Waals surface area contributed by atoms with Crippen molar-refractivity contribution in [2.45, 2.75) is 57.9 Å². The Labute approximate surface area is 189 Å². The van der Waals surface area contributed by atoms with Crippen molar-refractivity contribution >= 4 is 23.6 Å². The van der Waals surface area contributed by atoms with E-state index < -0.39 is 6.04 Å². The van der Waals surface area contributed by atoms with Gasteiger partial charge in [0, 0.05) is 18.3 Å². The molecule has 2 atom stereocenters. The number of nitrogens with zero attached hydrogens (tertiary/aromatic N) is 1. The maximum absolute atomic E-state index is 13.9. The second-order valence-corrected chi connectivity index (χ2v) is 8.63. The van der Waals surface area contributed by atoms with Crippen molar-refractivity contribution in [2.75, 3.05) is 12.3 Å². The zero-order valence-corrected chi connectivity index (χ0v) is 19.5. The summed E-state index contributed by atoms with van der Waals surface area (Å²) in [6.45, 7) is 6.38. The first-order chi connectivity index (χ1) is 15.0. The van der Waals surface area contributed by atoms with Crippen LogP contribution in [0.15, 0.2) is 54.6 Å². The number of halogens is 1. The third-order valence-electron chi connectivity index (χ3n) is 5.31. The number of benzene rings is 2. The van der Waals surface area contributed by atoms with Crippen molar-refractivity contribution in [1.82, 2.24) is 10.2 Å². The van der Waals surface area contributed by atoms with Gasteiger partial charge in [0.05, 0.1) is 5.75 Å². The van der Waals surface area contributed by atoms with Gasteiger partial charge >= 0.3 is 0 Å². The lowest BCUT2D eigenvalue weighted by atomic mass is 10.1. The number of nitrogens with one attached hydrogen (secondary N) is 1. The largest absolute Gasteiger partial charge is 0.352 e. The molecule has 4 nitrogen and oxygen atoms in total. The highest BCUT2D eigenvalue weighted by Crippen LogP contribution is 2.18. The number of hydrogen-bond acceptors (Lipinski definition) is 3. The van der Waals surface area contributed by atoms with Crippen LogP contribution in [0.25, 0.3) is 0 Å². The van der Waals surface area contributed by atoms with E-state index in [4.69, 9.17) is 0 Å². The van der Waals surface area contributed by atoms with Crippen LogP contribution in [0, 0.1) is 5.82 Å². The lowest BCUT2D eigenvalue weighted by molar-refractivity contribution is -0.139. The van der Waals surface area contributed by atoms with Crippen molar-refractivity contribution in [3.8, 4) is 0 Å². The Morgan fingerprint density at radius 3 is 2.35 bits per heavy atom. The number of rotatable bonds is 12. The van der Waals surface area contributed by atoms with E-state index in [1.54, 1.807) is 23.1 Å². The second kappa shape index (κ2) is 13.2. The average molecular weight is 445 g/mol. The van der Waals surface area contributed by atoms with Crippen molar-refractivity contribution in [3.05, 3.63) is 71.5 Å². The minimum absolute atomic E-state index is 0.0584. The molecule has 0 spiro atoms. The van der Waals surface area contributed by atoms with E-state index in [1.807, 2.05) is 51.1 Å². The topological polar surface area (TPSA) is 49.4 Å². The maximum Gasteiger partial charge on any atom is 0.243 e. The fourth-order valence-corrected chi connectivity index (χ4v) is 4.18. The van der Waals surface area contributed by atoms with Gasteiger partial charge in [-0.3, -0.25) is 9.59 Å². The first-order valence-corrected chi connectivity index (χ1v) is 12.1. The Balaban J connectivity index is 2.07. The highest BCUT2D eigenvalue weighted by Gasteiger charge is 2.28. The van der Waals surface area contributed by atoms with Gasteiger partial charge in [-0.2, -0.15) is 0 Å². The van der Waals surface area contributed by atoms with Crippen molar-refractivity contribution < 1.29 is 14.0 Å². The first-order valence-electron chi connectivity index (χ1n) is 10.9. The monoisotopic (exact) mass is 444 g/mol. The Kier molecular flexibility index (Phi) is 10.6. The van der Waals surface area contributed by atoms with Gasteiger partial charge in [0.2, 0.25) is 11.8 Å². The van der Waals surface area contributed by atoms with Gasteiger partial charge < -0.3 is 10.2 Å². The highest BCUT2D eigenvalue weighted by molar-refractivity contribution is 7.99. The summed E-state index contributed by atoms with van der Waals surface area (Å²) in [7, 11) is 0. The maximum atomic E-state index is 13.9. The van der Waals surface area contributed by atoms with E-state index in [2.05, 4.69) is 5.32 Å². The van der Waals surface area contributed by atoms with E-state index >= 15 is 0 Å². The molecule has 2 rings (SSSR count). The number of amides is 2. The van der Waals surface area contributed by atoms with Gasteiger partial charge in [0.1, 0.15) is 11.9 Å². The van der Waals surface area contributed by atoms with Crippen molar-refractivity contribution in [2.24, 2.45) is 0 Å². The van der Waals surface area contributed by atoms with Crippen LogP contribution in [0.2, 0.25) is 0 Å². The Hall–Kier alpha value is -2.34. The smallest absolute Gasteiger partial charge is 0.243 e. The van der Waals surface area contributed by atoms with E-state index in [-0.39, 0.29) is 29.4 Å². The summed E-state index contributed by atoms with van der Waals surface area (Å²) >= 11 is 1.37. The van der Waals surface area contributed by atoms with Crippen LogP contribution in [0.1, 0.15) is 44.7 Å². The summed E-state index contributed by atoms with van der Waals surface area (Å²) in [4.78, 5) is 27.7. The van der Waals surface area contributed by atoms with Crippen LogP contribution in [-0.4, -0.2) is 41.1 Å². The lowest BCUT2D eigenvalue weighted by Crippen LogP contribution is -2.52. The van der Waals surface area contributed by atoms with Crippen LogP contribution >= 0.6 is 11.8 Å². The summed E-state index contributed by atoms with van der Waals surface area (Å²) in [6.07, 6.45) is 2.05. The van der Waals surface area contributed by atoms with E-state index in [0.29, 0.717) is 30.7 Å². The van der Waals surface area contributed by atoms with Crippen LogP contribution < -0.4 is 5.32 Å². The summed E-state index contributed by atoms with van der Waals surface area (Å²) in [6, 6.07) is 16.1. The Morgan fingerprint density at radius 1 is 1.03 bits per heavy atom. The second-order valence-electron chi connectivity index (χ2n) is 7.65. The van der Waals surface area contributed by atoms with Crippen LogP contribution in [0.5, 0.6) is 0 Å². The molecule has 2 aromatic carbocycles. The number of hydrogen-bond donors (Lipinski definition) is 1. The van der Waals surface area contributed by atoms with E-state index in [0.717, 1.165) is 12.0 Å². The molecular weight excluding hydrogens is 411 g/mol. The molecule has 0 fully saturated rings. The van der Waals surface area contributed by atoms with Gasteiger partial charge in [-0.15, -0.1) is 11.8 Å². The SMILES string of the molecule is CC[C@H](C)NC(=O)[C@H](CC)N(CCc1ccccc1)C(=O)CSCc1ccccc1F. The van der Waals surface area contributed by atoms with Gasteiger partial charge in [-0.1, -0.05) is 62.4 Å². The summed E-state index contributed by atoms with van der Waals surface area (Å²) in [5.74, 6) is 0.153.